The monoisotopic (exact) mass is 223 g/mol. The van der Waals surface area contributed by atoms with E-state index in [0.717, 1.165) is 31.5 Å². The van der Waals surface area contributed by atoms with Gasteiger partial charge in [0.2, 0.25) is 0 Å². The lowest BCUT2D eigenvalue weighted by molar-refractivity contribution is 0.494. The van der Waals surface area contributed by atoms with Gasteiger partial charge in [-0.05, 0) is 37.8 Å². The van der Waals surface area contributed by atoms with Crippen molar-refractivity contribution in [2.45, 2.75) is 39.2 Å². The Labute approximate surface area is 95.5 Å². The molecule has 0 aromatic carbocycles. The van der Waals surface area contributed by atoms with E-state index in [-0.39, 0.29) is 0 Å². The highest BCUT2D eigenvalue weighted by Gasteiger charge is 2.12. The van der Waals surface area contributed by atoms with E-state index in [1.54, 1.807) is 0 Å². The average Bonchev–Trinajstić information content (AvgIpc) is 2.76. The molecular formula is C11H17N3S. The first kappa shape index (κ1) is 12.2. The van der Waals surface area contributed by atoms with Gasteiger partial charge >= 0.3 is 0 Å². The van der Waals surface area contributed by atoms with Crippen LogP contribution in [0.3, 0.4) is 0 Å². The summed E-state index contributed by atoms with van der Waals surface area (Å²) in [5.41, 5.74) is 1.05. The molecule has 0 aliphatic carbocycles. The Morgan fingerprint density at radius 3 is 3.07 bits per heavy atom. The van der Waals surface area contributed by atoms with E-state index in [0.29, 0.717) is 6.04 Å². The molecule has 0 saturated heterocycles. The van der Waals surface area contributed by atoms with Crippen molar-refractivity contribution >= 4 is 11.5 Å². The Hall–Kier alpha value is -0.920. The fourth-order valence-corrected chi connectivity index (χ4v) is 1.85. The largest absolute Gasteiger partial charge is 0.309 e. The Kier molecular flexibility index (Phi) is 5.98. The van der Waals surface area contributed by atoms with Crippen LogP contribution in [0.4, 0.5) is 0 Å². The Morgan fingerprint density at radius 1 is 1.60 bits per heavy atom. The van der Waals surface area contributed by atoms with Gasteiger partial charge in [0, 0.05) is 11.8 Å². The fraction of sp³-hybridized carbons (Fsp3) is 0.636. The molecule has 3 nitrogen and oxygen atoms in total. The van der Waals surface area contributed by atoms with Crippen molar-refractivity contribution in [1.82, 2.24) is 14.9 Å². The van der Waals surface area contributed by atoms with Gasteiger partial charge in [0.05, 0.1) is 11.7 Å². The summed E-state index contributed by atoms with van der Waals surface area (Å²) in [7, 11) is 0. The lowest BCUT2D eigenvalue weighted by atomic mass is 10.1. The molecule has 1 heterocycles. The Morgan fingerprint density at radius 2 is 2.47 bits per heavy atom. The standard InChI is InChI=1S/C11H17N3S/c1-3-5-6-7-10(12-8-4-2)11-9-15-14-13-11/h9-10,12H,4,6-8H2,1-2H3. The highest BCUT2D eigenvalue weighted by Crippen LogP contribution is 2.16. The van der Waals surface area contributed by atoms with E-state index in [4.69, 9.17) is 0 Å². The molecule has 0 aliphatic rings. The van der Waals surface area contributed by atoms with Crippen LogP contribution in [-0.2, 0) is 0 Å². The minimum atomic E-state index is 0.310. The van der Waals surface area contributed by atoms with Crippen molar-refractivity contribution < 1.29 is 0 Å². The molecule has 1 N–H and O–H groups in total. The van der Waals surface area contributed by atoms with Gasteiger partial charge in [-0.1, -0.05) is 11.4 Å². The zero-order valence-electron chi connectivity index (χ0n) is 9.29. The Bertz CT molecular complexity index is 310. The molecule has 0 aliphatic heterocycles. The maximum atomic E-state index is 4.11. The summed E-state index contributed by atoms with van der Waals surface area (Å²) in [5.74, 6) is 6.00. The summed E-state index contributed by atoms with van der Waals surface area (Å²) < 4.78 is 3.90. The van der Waals surface area contributed by atoms with E-state index in [9.17, 15) is 0 Å². The van der Waals surface area contributed by atoms with Crippen molar-refractivity contribution in [3.8, 4) is 11.8 Å². The second-order valence-electron chi connectivity index (χ2n) is 3.30. The van der Waals surface area contributed by atoms with E-state index in [1.807, 2.05) is 12.3 Å². The third-order valence-electron chi connectivity index (χ3n) is 2.11. The normalized spacial score (nSPS) is 11.9. The highest BCUT2D eigenvalue weighted by molar-refractivity contribution is 7.03. The molecule has 0 amide bonds. The minimum absolute atomic E-state index is 0.310. The molecule has 0 saturated carbocycles. The molecule has 82 valence electrons. The van der Waals surface area contributed by atoms with Gasteiger partial charge in [-0.3, -0.25) is 0 Å². The fourth-order valence-electron chi connectivity index (χ4n) is 1.34. The van der Waals surface area contributed by atoms with E-state index < -0.39 is 0 Å². The summed E-state index contributed by atoms with van der Waals surface area (Å²) >= 11 is 1.40. The first-order valence-corrected chi connectivity index (χ1v) is 6.12. The van der Waals surface area contributed by atoms with Crippen LogP contribution >= 0.6 is 11.5 Å². The maximum absolute atomic E-state index is 4.11. The number of hydrogen-bond acceptors (Lipinski definition) is 4. The average molecular weight is 223 g/mol. The van der Waals surface area contributed by atoms with E-state index in [2.05, 4.69) is 33.7 Å². The number of aromatic nitrogens is 2. The molecule has 0 radical (unpaired) electrons. The third-order valence-corrected chi connectivity index (χ3v) is 2.63. The quantitative estimate of drug-likeness (QED) is 0.752. The van der Waals surface area contributed by atoms with Gasteiger partial charge in [-0.2, -0.15) is 0 Å². The predicted octanol–water partition coefficient (Wildman–Crippen LogP) is 2.38. The molecule has 1 unspecified atom stereocenters. The zero-order chi connectivity index (χ0) is 10.9. The summed E-state index contributed by atoms with van der Waals surface area (Å²) in [5, 5.41) is 9.58. The topological polar surface area (TPSA) is 37.8 Å². The van der Waals surface area contributed by atoms with Crippen molar-refractivity contribution in [2.24, 2.45) is 0 Å². The summed E-state index contributed by atoms with van der Waals surface area (Å²) in [6.07, 6.45) is 3.05. The van der Waals surface area contributed by atoms with Gasteiger partial charge in [-0.15, -0.1) is 16.9 Å². The van der Waals surface area contributed by atoms with Crippen LogP contribution in [0.5, 0.6) is 0 Å². The molecule has 15 heavy (non-hydrogen) atoms. The Balaban J connectivity index is 2.48. The van der Waals surface area contributed by atoms with Crippen LogP contribution in [0.15, 0.2) is 5.38 Å². The highest BCUT2D eigenvalue weighted by atomic mass is 32.1. The van der Waals surface area contributed by atoms with E-state index >= 15 is 0 Å². The van der Waals surface area contributed by atoms with Crippen molar-refractivity contribution in [1.29, 1.82) is 0 Å². The zero-order valence-corrected chi connectivity index (χ0v) is 10.1. The molecule has 1 atom stereocenters. The smallest absolute Gasteiger partial charge is 0.0925 e. The van der Waals surface area contributed by atoms with Crippen LogP contribution in [0.2, 0.25) is 0 Å². The number of hydrogen-bond donors (Lipinski definition) is 1. The lowest BCUT2D eigenvalue weighted by Crippen LogP contribution is -2.22. The van der Waals surface area contributed by atoms with Crippen LogP contribution in [0.1, 0.15) is 44.8 Å². The summed E-state index contributed by atoms with van der Waals surface area (Å²) in [4.78, 5) is 0. The third kappa shape index (κ3) is 4.41. The second-order valence-corrected chi connectivity index (χ2v) is 3.91. The molecular weight excluding hydrogens is 206 g/mol. The van der Waals surface area contributed by atoms with Gasteiger partial charge in [-0.25, -0.2) is 0 Å². The molecule has 1 aromatic heterocycles. The van der Waals surface area contributed by atoms with Crippen molar-refractivity contribution in [3.05, 3.63) is 11.1 Å². The number of nitrogens with zero attached hydrogens (tertiary/aromatic N) is 2. The molecule has 1 aromatic rings. The van der Waals surface area contributed by atoms with Crippen LogP contribution in [-0.4, -0.2) is 16.1 Å². The van der Waals surface area contributed by atoms with Gasteiger partial charge in [0.15, 0.2) is 0 Å². The number of rotatable bonds is 6. The lowest BCUT2D eigenvalue weighted by Gasteiger charge is -2.14. The van der Waals surface area contributed by atoms with E-state index in [1.165, 1.54) is 11.5 Å². The van der Waals surface area contributed by atoms with Crippen LogP contribution in [0.25, 0.3) is 0 Å². The minimum Gasteiger partial charge on any atom is -0.309 e. The SMILES string of the molecule is CC#CCCC(NCCC)c1csnn1. The molecule has 4 heteroatoms. The van der Waals surface area contributed by atoms with Gasteiger partial charge < -0.3 is 5.32 Å². The maximum Gasteiger partial charge on any atom is 0.0925 e. The molecule has 0 bridgehead atoms. The van der Waals surface area contributed by atoms with Crippen LogP contribution < -0.4 is 5.32 Å². The molecule has 0 fully saturated rings. The van der Waals surface area contributed by atoms with Gasteiger partial charge in [0.1, 0.15) is 0 Å². The summed E-state index contributed by atoms with van der Waals surface area (Å²) in [6, 6.07) is 0.310. The molecule has 0 spiro atoms. The first-order chi connectivity index (χ1) is 7.38. The van der Waals surface area contributed by atoms with Crippen molar-refractivity contribution in [3.63, 3.8) is 0 Å². The number of nitrogens with one attached hydrogen (secondary N) is 1. The van der Waals surface area contributed by atoms with Crippen molar-refractivity contribution in [2.75, 3.05) is 6.54 Å². The first-order valence-electron chi connectivity index (χ1n) is 5.28. The molecule has 1 rings (SSSR count). The van der Waals surface area contributed by atoms with Crippen LogP contribution in [0, 0.1) is 11.8 Å². The summed E-state index contributed by atoms with van der Waals surface area (Å²) in [6.45, 7) is 5.05. The van der Waals surface area contributed by atoms with Gasteiger partial charge in [0.25, 0.3) is 0 Å². The second kappa shape index (κ2) is 7.38. The predicted molar refractivity (Wildman–Crippen MR) is 63.6 cm³/mol.